The molecule has 21 heavy (non-hydrogen) atoms. The first-order valence-electron chi connectivity index (χ1n) is 7.11. The van der Waals surface area contributed by atoms with E-state index in [0.29, 0.717) is 5.92 Å². The molecule has 3 nitrogen and oxygen atoms in total. The molecule has 0 aliphatic heterocycles. The number of hydrazine groups is 1. The van der Waals surface area contributed by atoms with E-state index in [4.69, 9.17) is 11.6 Å². The van der Waals surface area contributed by atoms with Crippen LogP contribution in [0, 0.1) is 0 Å². The molecular weight excluding hydrogens is 326 g/mol. The number of hydrogen-bond donors (Lipinski definition) is 3. The maximum absolute atomic E-state index is 6.07. The summed E-state index contributed by atoms with van der Waals surface area (Å²) in [5.41, 5.74) is 13.3. The van der Waals surface area contributed by atoms with Gasteiger partial charge in [0.2, 0.25) is 0 Å². The second-order valence-electron chi connectivity index (χ2n) is 5.59. The molecule has 1 unspecified atom stereocenters. The number of anilines is 1. The Morgan fingerprint density at radius 3 is 2.33 bits per heavy atom. The molecule has 0 spiro atoms. The van der Waals surface area contributed by atoms with Gasteiger partial charge in [0.15, 0.2) is 0 Å². The van der Waals surface area contributed by atoms with Crippen molar-refractivity contribution in [3.05, 3.63) is 63.6 Å². The highest BCUT2D eigenvalue weighted by atomic mass is 79.9. The van der Waals surface area contributed by atoms with Gasteiger partial charge in [0.1, 0.15) is 0 Å². The lowest BCUT2D eigenvalue weighted by Crippen LogP contribution is -2.30. The van der Waals surface area contributed by atoms with Gasteiger partial charge in [0.05, 0.1) is 6.04 Å². The molecule has 0 radical (unpaired) electrons. The molecule has 0 aliphatic carbocycles. The van der Waals surface area contributed by atoms with Crippen molar-refractivity contribution >= 4 is 21.6 Å². The minimum Gasteiger partial charge on any atom is -0.398 e. The van der Waals surface area contributed by atoms with Crippen molar-refractivity contribution in [1.29, 1.82) is 0 Å². The summed E-state index contributed by atoms with van der Waals surface area (Å²) in [6.07, 6.45) is 0.801. The van der Waals surface area contributed by atoms with Crippen molar-refractivity contribution in [2.75, 3.05) is 5.73 Å². The van der Waals surface area contributed by atoms with Gasteiger partial charge in [-0.25, -0.2) is 0 Å². The Balaban J connectivity index is 2.20. The topological polar surface area (TPSA) is 64.1 Å². The fraction of sp³-hybridized carbons (Fsp3) is 0.294. The first-order valence-corrected chi connectivity index (χ1v) is 7.90. The van der Waals surface area contributed by atoms with Crippen LogP contribution in [0.5, 0.6) is 0 Å². The van der Waals surface area contributed by atoms with Crippen LogP contribution in [-0.4, -0.2) is 0 Å². The molecule has 0 fully saturated rings. The SMILES string of the molecule is CC(C)c1ccc(CC(NN)c2cc(Br)ccc2N)cc1. The molecule has 2 rings (SSSR count). The zero-order valence-corrected chi connectivity index (χ0v) is 14.0. The van der Waals surface area contributed by atoms with Gasteiger partial charge in [0, 0.05) is 10.2 Å². The van der Waals surface area contributed by atoms with Crippen LogP contribution in [-0.2, 0) is 6.42 Å². The molecule has 0 bridgehead atoms. The van der Waals surface area contributed by atoms with E-state index in [0.717, 1.165) is 22.1 Å². The van der Waals surface area contributed by atoms with Crippen molar-refractivity contribution in [3.8, 4) is 0 Å². The van der Waals surface area contributed by atoms with Crippen LogP contribution >= 0.6 is 15.9 Å². The van der Waals surface area contributed by atoms with Crippen molar-refractivity contribution in [2.24, 2.45) is 5.84 Å². The van der Waals surface area contributed by atoms with Gasteiger partial charge < -0.3 is 5.73 Å². The van der Waals surface area contributed by atoms with E-state index in [9.17, 15) is 0 Å². The molecule has 0 amide bonds. The third-order valence-corrected chi connectivity index (χ3v) is 4.20. The zero-order chi connectivity index (χ0) is 15.4. The van der Waals surface area contributed by atoms with Gasteiger partial charge in [-0.05, 0) is 47.2 Å². The second kappa shape index (κ2) is 7.07. The molecule has 112 valence electrons. The Morgan fingerprint density at radius 2 is 1.76 bits per heavy atom. The summed E-state index contributed by atoms with van der Waals surface area (Å²) in [5.74, 6) is 6.27. The number of rotatable bonds is 5. The first-order chi connectivity index (χ1) is 10.0. The van der Waals surface area contributed by atoms with Gasteiger partial charge >= 0.3 is 0 Å². The molecule has 0 aliphatic rings. The Hall–Kier alpha value is -1.36. The molecule has 5 N–H and O–H groups in total. The third-order valence-electron chi connectivity index (χ3n) is 3.71. The van der Waals surface area contributed by atoms with Crippen LogP contribution in [0.25, 0.3) is 0 Å². The van der Waals surface area contributed by atoms with Crippen LogP contribution < -0.4 is 17.0 Å². The summed E-state index contributed by atoms with van der Waals surface area (Å²) in [7, 11) is 0. The largest absolute Gasteiger partial charge is 0.398 e. The predicted octanol–water partition coefficient (Wildman–Crippen LogP) is 3.90. The Morgan fingerprint density at radius 1 is 1.10 bits per heavy atom. The van der Waals surface area contributed by atoms with E-state index in [1.807, 2.05) is 18.2 Å². The maximum Gasteiger partial charge on any atom is 0.0521 e. The maximum atomic E-state index is 6.07. The highest BCUT2D eigenvalue weighted by Gasteiger charge is 2.14. The fourth-order valence-electron chi connectivity index (χ4n) is 2.38. The molecule has 0 heterocycles. The van der Waals surface area contributed by atoms with Crippen LogP contribution in [0.15, 0.2) is 46.9 Å². The van der Waals surface area contributed by atoms with Gasteiger partial charge in [-0.2, -0.15) is 0 Å². The van der Waals surface area contributed by atoms with Crippen LogP contribution in [0.4, 0.5) is 5.69 Å². The van der Waals surface area contributed by atoms with Crippen molar-refractivity contribution < 1.29 is 0 Å². The number of halogens is 1. The molecule has 0 aromatic heterocycles. The molecule has 0 saturated heterocycles. The van der Waals surface area contributed by atoms with E-state index in [1.54, 1.807) is 0 Å². The number of hydrogen-bond acceptors (Lipinski definition) is 3. The quantitative estimate of drug-likeness (QED) is 0.436. The predicted molar refractivity (Wildman–Crippen MR) is 92.9 cm³/mol. The average Bonchev–Trinajstić information content (AvgIpc) is 2.48. The smallest absolute Gasteiger partial charge is 0.0521 e. The molecule has 1 atom stereocenters. The molecule has 0 saturated carbocycles. The summed E-state index contributed by atoms with van der Waals surface area (Å²) in [4.78, 5) is 0. The molecule has 2 aromatic rings. The summed E-state index contributed by atoms with van der Waals surface area (Å²) in [6.45, 7) is 4.39. The highest BCUT2D eigenvalue weighted by Crippen LogP contribution is 2.27. The van der Waals surface area contributed by atoms with Crippen molar-refractivity contribution in [1.82, 2.24) is 5.43 Å². The minimum atomic E-state index is -0.00704. The number of nitrogen functional groups attached to an aromatic ring is 1. The Kier molecular flexibility index (Phi) is 5.39. The van der Waals surface area contributed by atoms with Crippen LogP contribution in [0.1, 0.15) is 42.5 Å². The summed E-state index contributed by atoms with van der Waals surface area (Å²) < 4.78 is 1.00. The number of nitrogens with one attached hydrogen (secondary N) is 1. The van der Waals surface area contributed by atoms with Crippen molar-refractivity contribution in [3.63, 3.8) is 0 Å². The van der Waals surface area contributed by atoms with Crippen LogP contribution in [0.3, 0.4) is 0 Å². The summed E-state index contributed by atoms with van der Waals surface area (Å²) in [6, 6.07) is 14.5. The molecule has 2 aromatic carbocycles. The van der Waals surface area contributed by atoms with Crippen LogP contribution in [0.2, 0.25) is 0 Å². The summed E-state index contributed by atoms with van der Waals surface area (Å²) in [5, 5.41) is 0. The molecular formula is C17H22BrN3. The number of benzene rings is 2. The average molecular weight is 348 g/mol. The normalized spacial score (nSPS) is 12.6. The first kappa shape index (κ1) is 16.0. The van der Waals surface area contributed by atoms with Gasteiger partial charge in [-0.15, -0.1) is 0 Å². The fourth-order valence-corrected chi connectivity index (χ4v) is 2.76. The standard InChI is InChI=1S/C17H22BrN3/c1-11(2)13-5-3-12(4-6-13)9-17(21-20)15-10-14(18)7-8-16(15)19/h3-8,10-11,17,21H,9,19-20H2,1-2H3. The van der Waals surface area contributed by atoms with Gasteiger partial charge in [-0.3, -0.25) is 11.3 Å². The van der Waals surface area contributed by atoms with Crippen molar-refractivity contribution in [2.45, 2.75) is 32.2 Å². The summed E-state index contributed by atoms with van der Waals surface area (Å²) >= 11 is 3.48. The van der Waals surface area contributed by atoms with E-state index < -0.39 is 0 Å². The van der Waals surface area contributed by atoms with Gasteiger partial charge in [-0.1, -0.05) is 54.0 Å². The second-order valence-corrected chi connectivity index (χ2v) is 6.51. The van der Waals surface area contributed by atoms with E-state index in [2.05, 4.69) is 59.5 Å². The minimum absolute atomic E-state index is 0.00704. The highest BCUT2D eigenvalue weighted by molar-refractivity contribution is 9.10. The lowest BCUT2D eigenvalue weighted by Gasteiger charge is -2.19. The lowest BCUT2D eigenvalue weighted by molar-refractivity contribution is 0.553. The monoisotopic (exact) mass is 347 g/mol. The Labute approximate surface area is 134 Å². The lowest BCUT2D eigenvalue weighted by atomic mass is 9.95. The third kappa shape index (κ3) is 4.06. The van der Waals surface area contributed by atoms with E-state index >= 15 is 0 Å². The van der Waals surface area contributed by atoms with E-state index in [1.165, 1.54) is 11.1 Å². The molecule has 4 heteroatoms. The zero-order valence-electron chi connectivity index (χ0n) is 12.4. The van der Waals surface area contributed by atoms with E-state index in [-0.39, 0.29) is 6.04 Å². The Bertz CT molecular complexity index is 593. The number of nitrogens with two attached hydrogens (primary N) is 2. The van der Waals surface area contributed by atoms with Gasteiger partial charge in [0.25, 0.3) is 0 Å².